The number of carbonyl (C=O) groups excluding carboxylic acids is 1. The maximum atomic E-state index is 11.7. The molecule has 0 aliphatic carbocycles. The Labute approximate surface area is 246 Å². The summed E-state index contributed by atoms with van der Waals surface area (Å²) in [6.45, 7) is 21.1. The first kappa shape index (κ1) is 41.5. The van der Waals surface area contributed by atoms with Gasteiger partial charge in [-0.05, 0) is 57.2 Å². The molecule has 1 aliphatic rings. The van der Waals surface area contributed by atoms with E-state index >= 15 is 0 Å². The number of carbonyl (C=O) groups is 1. The highest BCUT2D eigenvalue weighted by Crippen LogP contribution is 2.26. The first-order valence-electron chi connectivity index (χ1n) is 14.1. The van der Waals surface area contributed by atoms with Gasteiger partial charge in [-0.25, -0.2) is 4.21 Å². The quantitative estimate of drug-likeness (QED) is 0.240. The summed E-state index contributed by atoms with van der Waals surface area (Å²) >= 11 is -1.68. The second kappa shape index (κ2) is 26.3. The van der Waals surface area contributed by atoms with Crippen LogP contribution in [0.1, 0.15) is 90.9 Å². The van der Waals surface area contributed by atoms with E-state index in [0.717, 1.165) is 23.7 Å². The number of hydrogen-bond donors (Lipinski definition) is 3. The number of phenols is 1. The van der Waals surface area contributed by atoms with E-state index in [9.17, 15) is 14.1 Å². The Morgan fingerprint density at radius 2 is 1.55 bits per heavy atom. The molecule has 0 saturated carbocycles. The molecule has 0 spiro atoms. The van der Waals surface area contributed by atoms with Crippen molar-refractivity contribution in [2.24, 2.45) is 14.7 Å². The zero-order chi connectivity index (χ0) is 31.7. The summed E-state index contributed by atoms with van der Waals surface area (Å²) in [4.78, 5) is 12.9. The molecule has 1 aromatic heterocycles. The summed E-state index contributed by atoms with van der Waals surface area (Å²) < 4.78 is 25.0. The summed E-state index contributed by atoms with van der Waals surface area (Å²) in [6, 6.07) is 6.74. The van der Waals surface area contributed by atoms with Gasteiger partial charge in [0.05, 0.1) is 30.6 Å². The minimum absolute atomic E-state index is 0.142. The summed E-state index contributed by atoms with van der Waals surface area (Å²) in [5.74, 6) is 1.83. The normalized spacial score (nSPS) is 12.7. The van der Waals surface area contributed by atoms with Gasteiger partial charge in [0, 0.05) is 0 Å². The number of anilines is 1. The predicted octanol–water partition coefficient (Wildman–Crippen LogP) is 6.91. The number of benzene rings is 1. The van der Waals surface area contributed by atoms with E-state index in [1.807, 2.05) is 80.6 Å². The average molecular weight is 582 g/mol. The zero-order valence-corrected chi connectivity index (χ0v) is 27.9. The first-order chi connectivity index (χ1) is 19.1. The van der Waals surface area contributed by atoms with Gasteiger partial charge in [-0.2, -0.15) is 4.40 Å². The highest BCUT2D eigenvalue weighted by atomic mass is 32.2. The van der Waals surface area contributed by atoms with Crippen LogP contribution in [0.3, 0.4) is 0 Å². The van der Waals surface area contributed by atoms with Gasteiger partial charge in [0.2, 0.25) is 0 Å². The minimum atomic E-state index is -1.68. The fourth-order valence-electron chi connectivity index (χ4n) is 2.39. The molecule has 0 saturated heterocycles. The predicted molar refractivity (Wildman–Crippen MR) is 174 cm³/mol. The number of aryl methyl sites for hydroxylation is 1. The molecule has 1 unspecified atom stereocenters. The maximum Gasteiger partial charge on any atom is 0.268 e. The smallest absolute Gasteiger partial charge is 0.268 e. The van der Waals surface area contributed by atoms with Crippen molar-refractivity contribution in [3.05, 3.63) is 47.4 Å². The Morgan fingerprint density at radius 3 is 2.02 bits per heavy atom. The number of phenolic OH excluding ortho intramolecular Hbond substituents is 1. The van der Waals surface area contributed by atoms with Crippen molar-refractivity contribution in [2.75, 3.05) is 33.0 Å². The molecular weight excluding hydrogens is 526 g/mol. The standard InChI is InChI=1S/C17H18N4O4S.C4H10.C3H9N.3C2H6/c1-2-11-6-13(25-10-11)7-19-17-15(20-26(24)21-17)8-18-14-5-3-4-12(9-22)16(14)23;2*1-4(2)3;3*1-2/h3-6,9-10,18,23H,2,7-8H2,1H3,(H,19,21);4H,1-3H3;1-3H3;3*1-2H3. The van der Waals surface area contributed by atoms with Gasteiger partial charge in [0.25, 0.3) is 11.2 Å². The van der Waals surface area contributed by atoms with Crippen LogP contribution in [0.15, 0.2) is 43.7 Å². The SMILES string of the molecule is CC.CC.CC.CC(C)C.CCc1coc(CNC2=NS(=O)N=C2CNc2cccc(C=O)c2O)c1.CN(C)C. The van der Waals surface area contributed by atoms with E-state index in [1.165, 1.54) is 6.07 Å². The summed E-state index contributed by atoms with van der Waals surface area (Å²) in [5, 5.41) is 16.0. The van der Waals surface area contributed by atoms with Crippen LogP contribution in [0.2, 0.25) is 0 Å². The van der Waals surface area contributed by atoms with Gasteiger partial charge in [0.1, 0.15) is 17.2 Å². The third-order valence-electron chi connectivity index (χ3n) is 3.82. The molecule has 1 atom stereocenters. The third kappa shape index (κ3) is 19.1. The second-order valence-corrected chi connectivity index (χ2v) is 9.45. The van der Waals surface area contributed by atoms with E-state index in [0.29, 0.717) is 30.1 Å². The second-order valence-electron chi connectivity index (χ2n) is 8.63. The number of rotatable bonds is 7. The van der Waals surface area contributed by atoms with Crippen molar-refractivity contribution in [3.8, 4) is 5.75 Å². The summed E-state index contributed by atoms with van der Waals surface area (Å²) in [7, 11) is 6.00. The summed E-state index contributed by atoms with van der Waals surface area (Å²) in [5.41, 5.74) is 2.12. The highest BCUT2D eigenvalue weighted by molar-refractivity contribution is 7.83. The van der Waals surface area contributed by atoms with Crippen LogP contribution in [-0.4, -0.2) is 59.7 Å². The summed E-state index contributed by atoms with van der Waals surface area (Å²) in [6.07, 6.45) is 3.16. The molecule has 1 aromatic carbocycles. The molecule has 0 amide bonds. The van der Waals surface area contributed by atoms with Gasteiger partial charge >= 0.3 is 0 Å². The molecule has 0 bridgehead atoms. The number of nitrogens with zero attached hydrogens (tertiary/aromatic N) is 3. The number of hydrogen-bond acceptors (Lipinski definition) is 7. The van der Waals surface area contributed by atoms with Gasteiger partial charge in [-0.1, -0.05) is 75.3 Å². The number of para-hydroxylation sites is 1. The van der Waals surface area contributed by atoms with Crippen molar-refractivity contribution in [3.63, 3.8) is 0 Å². The lowest BCUT2D eigenvalue weighted by molar-refractivity contribution is 0.112. The Morgan fingerprint density at radius 1 is 1.00 bits per heavy atom. The zero-order valence-electron chi connectivity index (χ0n) is 27.1. The topological polar surface area (TPSA) is 120 Å². The molecule has 9 nitrogen and oxygen atoms in total. The largest absolute Gasteiger partial charge is 0.505 e. The number of aromatic hydroxyl groups is 1. The molecule has 2 heterocycles. The van der Waals surface area contributed by atoms with Crippen molar-refractivity contribution in [1.82, 2.24) is 10.2 Å². The lowest BCUT2D eigenvalue weighted by Gasteiger charge is -2.11. The fourth-order valence-corrected chi connectivity index (χ4v) is 3.10. The molecule has 230 valence electrons. The van der Waals surface area contributed by atoms with Crippen LogP contribution in [0.25, 0.3) is 0 Å². The number of amidine groups is 1. The van der Waals surface area contributed by atoms with Gasteiger partial charge < -0.3 is 25.1 Å². The number of furan rings is 1. The Hall–Kier alpha value is -2.98. The molecule has 0 fully saturated rings. The maximum absolute atomic E-state index is 11.7. The van der Waals surface area contributed by atoms with Crippen molar-refractivity contribution in [2.45, 2.75) is 82.2 Å². The minimum Gasteiger partial charge on any atom is -0.505 e. The van der Waals surface area contributed by atoms with Gasteiger partial charge in [-0.3, -0.25) is 4.79 Å². The van der Waals surface area contributed by atoms with E-state index in [1.54, 1.807) is 18.4 Å². The molecule has 40 heavy (non-hydrogen) atoms. The van der Waals surface area contributed by atoms with Crippen LogP contribution in [0, 0.1) is 5.92 Å². The van der Waals surface area contributed by atoms with Crippen molar-refractivity contribution >= 4 is 34.7 Å². The fraction of sp³-hybridized carbons (Fsp3) is 0.567. The van der Waals surface area contributed by atoms with Crippen LogP contribution in [0.5, 0.6) is 5.75 Å². The molecule has 0 radical (unpaired) electrons. The van der Waals surface area contributed by atoms with E-state index < -0.39 is 11.2 Å². The van der Waals surface area contributed by atoms with Crippen LogP contribution < -0.4 is 10.6 Å². The first-order valence-corrected chi connectivity index (χ1v) is 15.1. The molecule has 3 N–H and O–H groups in total. The van der Waals surface area contributed by atoms with Gasteiger partial charge in [0.15, 0.2) is 12.1 Å². The van der Waals surface area contributed by atoms with Crippen molar-refractivity contribution in [1.29, 1.82) is 0 Å². The molecule has 2 aromatic rings. The number of nitrogens with one attached hydrogen (secondary N) is 2. The van der Waals surface area contributed by atoms with Gasteiger partial charge in [-0.15, -0.1) is 4.40 Å². The van der Waals surface area contributed by atoms with E-state index in [4.69, 9.17) is 4.42 Å². The molecule has 10 heteroatoms. The number of aldehydes is 1. The van der Waals surface area contributed by atoms with E-state index in [2.05, 4.69) is 40.2 Å². The Balaban J connectivity index is -0.000000831. The lowest BCUT2D eigenvalue weighted by atomic mass is 10.2. The lowest BCUT2D eigenvalue weighted by Crippen LogP contribution is -2.33. The van der Waals surface area contributed by atoms with Crippen molar-refractivity contribution < 1.29 is 18.5 Å². The molecular formula is C30H55N5O4S. The van der Waals surface area contributed by atoms with Crippen LogP contribution in [0.4, 0.5) is 5.69 Å². The van der Waals surface area contributed by atoms with Crippen LogP contribution >= 0.6 is 0 Å². The average Bonchev–Trinajstić information content (AvgIpc) is 3.55. The third-order valence-corrected chi connectivity index (χ3v) is 4.53. The molecule has 3 rings (SSSR count). The Bertz CT molecular complexity index is 990. The monoisotopic (exact) mass is 581 g/mol. The highest BCUT2D eigenvalue weighted by Gasteiger charge is 2.19. The Kier molecular flexibility index (Phi) is 27.2. The molecule has 1 aliphatic heterocycles. The van der Waals surface area contributed by atoms with E-state index in [-0.39, 0.29) is 17.9 Å². The van der Waals surface area contributed by atoms with Crippen LogP contribution in [-0.2, 0) is 24.1 Å².